The zero-order chi connectivity index (χ0) is 40.9. The smallest absolute Gasteiger partial charge is 0.237 e. The van der Waals surface area contributed by atoms with Crippen molar-refractivity contribution in [2.24, 2.45) is 11.1 Å². The quantitative estimate of drug-likeness (QED) is 0.155. The fraction of sp³-hybridized carbons (Fsp3) is 0.489. The number of amides is 2. The largest absolute Gasteiger partial charge is 0.383 e. The third kappa shape index (κ3) is 7.32. The highest BCUT2D eigenvalue weighted by Gasteiger charge is 2.55. The average Bonchev–Trinajstić information content (AvgIpc) is 3.77. The summed E-state index contributed by atoms with van der Waals surface area (Å²) in [5, 5.41) is 13.5. The number of nitriles is 1. The number of nitrogen functional groups attached to an aromatic ring is 1. The number of benzene rings is 2. The van der Waals surface area contributed by atoms with Crippen molar-refractivity contribution in [3.8, 4) is 6.07 Å². The van der Waals surface area contributed by atoms with Crippen LogP contribution in [-0.2, 0) is 27.8 Å². The van der Waals surface area contributed by atoms with E-state index in [1.807, 2.05) is 17.0 Å². The number of nitrogens with one attached hydrogen (secondary N) is 2. The lowest BCUT2D eigenvalue weighted by atomic mass is 9.70. The first-order valence-corrected chi connectivity index (χ1v) is 20.8. The molecule has 58 heavy (non-hydrogen) atoms. The molecular weight excluding hydrogens is 734 g/mol. The van der Waals surface area contributed by atoms with E-state index in [-0.39, 0.29) is 29.1 Å². The number of hydrogen-bond donors (Lipinski definition) is 4. The molecule has 0 unspecified atom stereocenters. The Hall–Kier alpha value is -5.32. The minimum atomic E-state index is -0.656. The van der Waals surface area contributed by atoms with Gasteiger partial charge in [0.15, 0.2) is 5.78 Å². The van der Waals surface area contributed by atoms with Crippen molar-refractivity contribution in [3.05, 3.63) is 87.5 Å². The van der Waals surface area contributed by atoms with E-state index in [4.69, 9.17) is 11.5 Å². The standard InChI is InChI=1S/C45H54FN9O3/c1-4-28-21-32-33(44(2,3)41-39(40(32)57)31-11-10-27(23-47)19-35(31)51-41)22-36(28)54-15-17-55(18-16-54)38(56)9-6-14-53-25-37(45(26-53)12-13-45)52-43(58)34(48)8-5-7-29-20-30(46)24-50-42(29)49/h10-11,19-22,24,34,37,51H,4-9,12-18,25-26,48H2,1-3H3,(H2,49,50)(H,52,58)/t34-,37-/m0/s1. The van der Waals surface area contributed by atoms with Gasteiger partial charge in [0.1, 0.15) is 11.6 Å². The van der Waals surface area contributed by atoms with Crippen molar-refractivity contribution in [2.75, 3.05) is 56.4 Å². The van der Waals surface area contributed by atoms with Crippen LogP contribution in [0.4, 0.5) is 15.9 Å². The number of pyridine rings is 1. The second-order valence-electron chi connectivity index (χ2n) is 17.4. The maximum atomic E-state index is 14.1. The number of piperazine rings is 1. The molecule has 6 N–H and O–H groups in total. The second kappa shape index (κ2) is 15.5. The summed E-state index contributed by atoms with van der Waals surface area (Å²) in [4.78, 5) is 54.7. The van der Waals surface area contributed by atoms with Crippen LogP contribution in [0.15, 0.2) is 42.6 Å². The monoisotopic (exact) mass is 787 g/mol. The van der Waals surface area contributed by atoms with Crippen LogP contribution >= 0.6 is 0 Å². The van der Waals surface area contributed by atoms with Gasteiger partial charge < -0.3 is 36.5 Å². The summed E-state index contributed by atoms with van der Waals surface area (Å²) in [6.07, 6.45) is 6.83. The number of hydrogen-bond acceptors (Lipinski definition) is 9. The molecule has 13 heteroatoms. The SMILES string of the molecule is CCc1cc2c(cc1N1CCN(C(=O)CCCN3C[C@H](NC(=O)[C@@H](N)CCCc4cc(F)cnc4N)C4(CC4)C3)CC1)C(C)(C)c1[nH]c3cc(C#N)ccc3c1C2=O. The molecule has 1 spiro atoms. The minimum absolute atomic E-state index is 0.0122. The van der Waals surface area contributed by atoms with E-state index in [0.29, 0.717) is 74.4 Å². The fourth-order valence-corrected chi connectivity index (χ4v) is 9.69. The predicted octanol–water partition coefficient (Wildman–Crippen LogP) is 4.95. The molecule has 12 nitrogen and oxygen atoms in total. The maximum Gasteiger partial charge on any atom is 0.237 e. The first-order valence-electron chi connectivity index (χ1n) is 20.8. The Balaban J connectivity index is 0.826. The third-order valence-electron chi connectivity index (χ3n) is 13.3. The van der Waals surface area contributed by atoms with Crippen LogP contribution in [0.3, 0.4) is 0 Å². The number of fused-ring (bicyclic) bond motifs is 4. The molecule has 2 atom stereocenters. The molecule has 2 saturated heterocycles. The van der Waals surface area contributed by atoms with Gasteiger partial charge in [-0.1, -0.05) is 26.8 Å². The Morgan fingerprint density at radius 2 is 1.88 bits per heavy atom. The van der Waals surface area contributed by atoms with Crippen molar-refractivity contribution < 1.29 is 18.8 Å². The summed E-state index contributed by atoms with van der Waals surface area (Å²) in [5.41, 5.74) is 19.3. The maximum absolute atomic E-state index is 14.1. The molecule has 2 aliphatic carbocycles. The number of nitrogens with two attached hydrogens (primary N) is 2. The number of aromatic nitrogens is 2. The Morgan fingerprint density at radius 3 is 2.60 bits per heavy atom. The van der Waals surface area contributed by atoms with Gasteiger partial charge >= 0.3 is 0 Å². The van der Waals surface area contributed by atoms with E-state index in [9.17, 15) is 24.0 Å². The van der Waals surface area contributed by atoms with Gasteiger partial charge in [-0.3, -0.25) is 14.4 Å². The Labute approximate surface area is 339 Å². The van der Waals surface area contributed by atoms with Gasteiger partial charge in [0.05, 0.1) is 29.4 Å². The third-order valence-corrected chi connectivity index (χ3v) is 13.3. The van der Waals surface area contributed by atoms with E-state index in [1.54, 1.807) is 6.07 Å². The number of aryl methyl sites for hydroxylation is 2. The van der Waals surface area contributed by atoms with Crippen molar-refractivity contribution in [2.45, 2.75) is 89.6 Å². The highest BCUT2D eigenvalue weighted by molar-refractivity contribution is 6.20. The number of aromatic amines is 1. The molecule has 2 aromatic carbocycles. The van der Waals surface area contributed by atoms with Crippen molar-refractivity contribution in [3.63, 3.8) is 0 Å². The first kappa shape index (κ1) is 39.5. The van der Waals surface area contributed by atoms with Crippen LogP contribution in [0.1, 0.15) is 103 Å². The van der Waals surface area contributed by atoms with Gasteiger partial charge in [-0.05, 0) is 98.5 Å². The first-order chi connectivity index (χ1) is 27.8. The van der Waals surface area contributed by atoms with Gasteiger partial charge in [0.2, 0.25) is 11.8 Å². The van der Waals surface area contributed by atoms with E-state index in [1.165, 1.54) is 6.07 Å². The summed E-state index contributed by atoms with van der Waals surface area (Å²) >= 11 is 0. The predicted molar refractivity (Wildman–Crippen MR) is 222 cm³/mol. The lowest BCUT2D eigenvalue weighted by Gasteiger charge is -2.39. The zero-order valence-corrected chi connectivity index (χ0v) is 33.8. The van der Waals surface area contributed by atoms with Crippen LogP contribution in [0.5, 0.6) is 0 Å². The molecule has 8 rings (SSSR count). The summed E-state index contributed by atoms with van der Waals surface area (Å²) in [7, 11) is 0. The summed E-state index contributed by atoms with van der Waals surface area (Å²) in [6, 6.07) is 12.7. The topological polar surface area (TPSA) is 177 Å². The molecule has 4 aliphatic rings. The molecule has 0 radical (unpaired) electrons. The number of rotatable bonds is 12. The van der Waals surface area contributed by atoms with Crippen LogP contribution in [0.25, 0.3) is 10.9 Å². The average molecular weight is 788 g/mol. The van der Waals surface area contributed by atoms with Crippen molar-refractivity contribution in [1.82, 2.24) is 25.1 Å². The Morgan fingerprint density at radius 1 is 1.10 bits per heavy atom. The van der Waals surface area contributed by atoms with Crippen molar-refractivity contribution >= 4 is 40.0 Å². The normalized spacial score (nSPS) is 19.9. The lowest BCUT2D eigenvalue weighted by Crippen LogP contribution is -2.49. The molecular formula is C45H54FN9O3. The minimum Gasteiger partial charge on any atom is -0.383 e. The van der Waals surface area contributed by atoms with Crippen LogP contribution < -0.4 is 21.7 Å². The van der Waals surface area contributed by atoms with E-state index in [0.717, 1.165) is 90.5 Å². The fourth-order valence-electron chi connectivity index (χ4n) is 9.69. The highest BCUT2D eigenvalue weighted by atomic mass is 19.1. The number of halogens is 1. The number of H-pyrrole nitrogens is 1. The zero-order valence-electron chi connectivity index (χ0n) is 33.8. The van der Waals surface area contributed by atoms with Crippen molar-refractivity contribution in [1.29, 1.82) is 5.26 Å². The Kier molecular flexibility index (Phi) is 10.5. The molecule has 4 heterocycles. The molecule has 2 aromatic heterocycles. The van der Waals surface area contributed by atoms with E-state index < -0.39 is 17.3 Å². The summed E-state index contributed by atoms with van der Waals surface area (Å²) < 4.78 is 13.6. The van der Waals surface area contributed by atoms with Gasteiger partial charge in [-0.25, -0.2) is 9.37 Å². The Bertz CT molecular complexity index is 2320. The summed E-state index contributed by atoms with van der Waals surface area (Å²) in [6.45, 7) is 11.6. The van der Waals surface area contributed by atoms with Crippen LogP contribution in [0, 0.1) is 22.6 Å². The molecule has 0 bridgehead atoms. The number of carbonyl (C=O) groups excluding carboxylic acids is 3. The molecule has 304 valence electrons. The molecule has 4 aromatic rings. The molecule has 3 fully saturated rings. The van der Waals surface area contributed by atoms with Gasteiger partial charge in [-0.15, -0.1) is 0 Å². The summed E-state index contributed by atoms with van der Waals surface area (Å²) in [5.74, 6) is -0.108. The number of nitrogens with zero attached hydrogens (tertiary/aromatic N) is 5. The van der Waals surface area contributed by atoms with E-state index in [2.05, 4.69) is 64.1 Å². The van der Waals surface area contributed by atoms with Crippen LogP contribution in [-0.4, -0.2) is 95.3 Å². The second-order valence-corrected chi connectivity index (χ2v) is 17.4. The van der Waals surface area contributed by atoms with E-state index >= 15 is 0 Å². The lowest BCUT2D eigenvalue weighted by molar-refractivity contribution is -0.131. The molecule has 2 aliphatic heterocycles. The van der Waals surface area contributed by atoms with Gasteiger partial charge in [0, 0.05) is 90.4 Å². The van der Waals surface area contributed by atoms with Crippen LogP contribution in [0.2, 0.25) is 0 Å². The number of likely N-dealkylation sites (tertiary alicyclic amines) is 1. The van der Waals surface area contributed by atoms with Gasteiger partial charge in [-0.2, -0.15) is 5.26 Å². The number of anilines is 2. The number of ketones is 1. The highest BCUT2D eigenvalue weighted by Crippen LogP contribution is 2.53. The molecule has 1 saturated carbocycles. The number of carbonyl (C=O) groups is 3. The van der Waals surface area contributed by atoms with Gasteiger partial charge in [0.25, 0.3) is 0 Å². The molecule has 2 amide bonds.